The number of aryl methyl sites for hydroxylation is 1. The number of fused-ring (bicyclic) bond motifs is 1. The van der Waals surface area contributed by atoms with Crippen LogP contribution in [0.1, 0.15) is 31.8 Å². The number of allylic oxidation sites excluding steroid dienone is 1. The van der Waals surface area contributed by atoms with E-state index in [1.807, 2.05) is 24.3 Å². The summed E-state index contributed by atoms with van der Waals surface area (Å²) in [5.74, 6) is 0.971. The van der Waals surface area contributed by atoms with E-state index < -0.39 is 5.97 Å². The summed E-state index contributed by atoms with van der Waals surface area (Å²) in [7, 11) is 3.01. The average molecular weight is 495 g/mol. The first-order valence-electron chi connectivity index (χ1n) is 9.69. The Hall–Kier alpha value is -3.58. The largest absolute Gasteiger partial charge is 0.493 e. The van der Waals surface area contributed by atoms with Crippen LogP contribution in [0, 0.1) is 6.92 Å². The fourth-order valence-corrected chi connectivity index (χ4v) is 3.80. The van der Waals surface area contributed by atoms with Crippen molar-refractivity contribution in [1.82, 2.24) is 0 Å². The number of benzene rings is 3. The number of rotatable bonds is 5. The van der Waals surface area contributed by atoms with Gasteiger partial charge >= 0.3 is 5.97 Å². The fourth-order valence-electron chi connectivity index (χ4n) is 3.40. The first-order chi connectivity index (χ1) is 15.4. The monoisotopic (exact) mass is 494 g/mol. The summed E-state index contributed by atoms with van der Waals surface area (Å²) in [6, 6.07) is 15.5. The number of esters is 1. The molecule has 0 radical (unpaired) electrons. The van der Waals surface area contributed by atoms with Crippen LogP contribution in [-0.4, -0.2) is 26.0 Å². The van der Waals surface area contributed by atoms with Crippen molar-refractivity contribution < 1.29 is 28.5 Å². The number of hydrogen-bond donors (Lipinski definition) is 0. The molecule has 0 unspecified atom stereocenters. The molecule has 0 bridgehead atoms. The predicted octanol–water partition coefficient (Wildman–Crippen LogP) is 5.61. The molecule has 3 aromatic rings. The Labute approximate surface area is 193 Å². The maximum absolute atomic E-state index is 12.9. The summed E-state index contributed by atoms with van der Waals surface area (Å²) in [5.41, 5.74) is 2.22. The molecule has 1 heterocycles. The molecule has 0 aliphatic carbocycles. The standard InChI is InChI=1S/C25H19BrO6/c1-14-10-17(31-25(28)16-8-9-19(29-2)20(12-16)30-3)13-21-23(14)24(27)22(32-21)11-15-6-4-5-7-18(15)26/h4-13H,1-3H3/b22-11-. The van der Waals surface area contributed by atoms with E-state index in [1.165, 1.54) is 14.2 Å². The molecule has 0 N–H and O–H groups in total. The van der Waals surface area contributed by atoms with Crippen molar-refractivity contribution in [1.29, 1.82) is 0 Å². The maximum atomic E-state index is 12.9. The highest BCUT2D eigenvalue weighted by atomic mass is 79.9. The second-order valence-electron chi connectivity index (χ2n) is 7.03. The molecule has 1 aliphatic heterocycles. The summed E-state index contributed by atoms with van der Waals surface area (Å²) in [5, 5.41) is 0. The molecule has 6 nitrogen and oxygen atoms in total. The van der Waals surface area contributed by atoms with Crippen LogP contribution in [0.2, 0.25) is 0 Å². The molecule has 0 amide bonds. The van der Waals surface area contributed by atoms with Crippen molar-refractivity contribution in [3.8, 4) is 23.0 Å². The van der Waals surface area contributed by atoms with Crippen LogP contribution in [0.4, 0.5) is 0 Å². The predicted molar refractivity (Wildman–Crippen MR) is 123 cm³/mol. The van der Waals surface area contributed by atoms with Gasteiger partial charge in [0.1, 0.15) is 11.5 Å². The Bertz CT molecular complexity index is 1260. The van der Waals surface area contributed by atoms with E-state index in [1.54, 1.807) is 43.3 Å². The molecule has 0 fully saturated rings. The van der Waals surface area contributed by atoms with Crippen LogP contribution < -0.4 is 18.9 Å². The molecule has 0 aromatic heterocycles. The van der Waals surface area contributed by atoms with Crippen LogP contribution in [0.25, 0.3) is 6.08 Å². The third kappa shape index (κ3) is 4.11. The molecule has 0 atom stereocenters. The molecule has 4 rings (SSSR count). The summed E-state index contributed by atoms with van der Waals surface area (Å²) in [4.78, 5) is 25.5. The zero-order valence-electron chi connectivity index (χ0n) is 17.6. The van der Waals surface area contributed by atoms with Crippen LogP contribution in [0.15, 0.2) is 64.8 Å². The number of methoxy groups -OCH3 is 2. The van der Waals surface area contributed by atoms with Crippen LogP contribution in [-0.2, 0) is 0 Å². The minimum Gasteiger partial charge on any atom is -0.493 e. The smallest absolute Gasteiger partial charge is 0.343 e. The summed E-state index contributed by atoms with van der Waals surface area (Å²) in [6.45, 7) is 1.77. The molecule has 0 saturated carbocycles. The molecular weight excluding hydrogens is 476 g/mol. The van der Waals surface area contributed by atoms with E-state index >= 15 is 0 Å². The first-order valence-corrected chi connectivity index (χ1v) is 10.5. The Morgan fingerprint density at radius 2 is 1.75 bits per heavy atom. The van der Waals surface area contributed by atoms with Gasteiger partial charge in [-0.15, -0.1) is 0 Å². The van der Waals surface area contributed by atoms with Gasteiger partial charge in [0, 0.05) is 10.5 Å². The van der Waals surface area contributed by atoms with E-state index in [2.05, 4.69) is 15.9 Å². The molecule has 0 saturated heterocycles. The van der Waals surface area contributed by atoms with Gasteiger partial charge in [0.15, 0.2) is 17.3 Å². The third-order valence-corrected chi connectivity index (χ3v) is 5.69. The average Bonchev–Trinajstić information content (AvgIpc) is 3.10. The number of ketones is 1. The van der Waals surface area contributed by atoms with Crippen LogP contribution in [0.3, 0.4) is 0 Å². The number of halogens is 1. The van der Waals surface area contributed by atoms with Gasteiger partial charge in [-0.1, -0.05) is 34.1 Å². The highest BCUT2D eigenvalue weighted by Crippen LogP contribution is 2.38. The number of carbonyl (C=O) groups is 2. The Morgan fingerprint density at radius 1 is 1.00 bits per heavy atom. The first kappa shape index (κ1) is 21.6. The lowest BCUT2D eigenvalue weighted by Gasteiger charge is -2.10. The number of Topliss-reactive ketones (excluding diaryl/α,β-unsaturated/α-hetero) is 1. The molecule has 1 aliphatic rings. The van der Waals surface area contributed by atoms with Crippen LogP contribution in [0.5, 0.6) is 23.0 Å². The second-order valence-corrected chi connectivity index (χ2v) is 7.89. The Morgan fingerprint density at radius 3 is 2.47 bits per heavy atom. The van der Waals surface area contributed by atoms with Crippen molar-refractivity contribution in [2.24, 2.45) is 0 Å². The topological polar surface area (TPSA) is 71.1 Å². The van der Waals surface area contributed by atoms with Gasteiger partial charge in [-0.3, -0.25) is 4.79 Å². The SMILES string of the molecule is COc1ccc(C(=O)Oc2cc(C)c3c(c2)O/C(=C\c2ccccc2Br)C3=O)cc1OC. The lowest BCUT2D eigenvalue weighted by molar-refractivity contribution is 0.0734. The van der Waals surface area contributed by atoms with Gasteiger partial charge < -0.3 is 18.9 Å². The van der Waals surface area contributed by atoms with Gasteiger partial charge in [-0.25, -0.2) is 4.79 Å². The van der Waals surface area contributed by atoms with E-state index in [9.17, 15) is 9.59 Å². The molecule has 3 aromatic carbocycles. The number of ether oxygens (including phenoxy) is 4. The summed E-state index contributed by atoms with van der Waals surface area (Å²) >= 11 is 3.47. The van der Waals surface area contributed by atoms with Gasteiger partial charge in [0.05, 0.1) is 25.3 Å². The lowest BCUT2D eigenvalue weighted by Crippen LogP contribution is -2.09. The van der Waals surface area contributed by atoms with E-state index in [-0.39, 0.29) is 17.3 Å². The van der Waals surface area contributed by atoms with Crippen molar-refractivity contribution in [2.75, 3.05) is 14.2 Å². The highest BCUT2D eigenvalue weighted by molar-refractivity contribution is 9.10. The van der Waals surface area contributed by atoms with Gasteiger partial charge in [-0.05, 0) is 54.5 Å². The Kier molecular flexibility index (Phi) is 6.01. The minimum atomic E-state index is -0.571. The summed E-state index contributed by atoms with van der Waals surface area (Å²) < 4.78 is 22.6. The van der Waals surface area contributed by atoms with Gasteiger partial charge in [0.2, 0.25) is 5.78 Å². The molecule has 162 valence electrons. The second kappa shape index (κ2) is 8.88. The molecule has 32 heavy (non-hydrogen) atoms. The zero-order valence-corrected chi connectivity index (χ0v) is 19.2. The molecule has 7 heteroatoms. The molecule has 0 spiro atoms. The van der Waals surface area contributed by atoms with Gasteiger partial charge in [0.25, 0.3) is 0 Å². The molecular formula is C25H19BrO6. The van der Waals surface area contributed by atoms with Crippen molar-refractivity contribution in [2.45, 2.75) is 6.92 Å². The maximum Gasteiger partial charge on any atom is 0.343 e. The normalized spacial score (nSPS) is 13.5. The van der Waals surface area contributed by atoms with Crippen LogP contribution >= 0.6 is 15.9 Å². The summed E-state index contributed by atoms with van der Waals surface area (Å²) in [6.07, 6.45) is 1.68. The van der Waals surface area contributed by atoms with Crippen molar-refractivity contribution >= 4 is 33.8 Å². The third-order valence-electron chi connectivity index (χ3n) is 4.97. The van der Waals surface area contributed by atoms with Crippen molar-refractivity contribution in [3.05, 3.63) is 87.1 Å². The van der Waals surface area contributed by atoms with Gasteiger partial charge in [-0.2, -0.15) is 0 Å². The quantitative estimate of drug-likeness (QED) is 0.260. The Balaban J connectivity index is 1.60. The van der Waals surface area contributed by atoms with Crippen molar-refractivity contribution in [3.63, 3.8) is 0 Å². The highest BCUT2D eigenvalue weighted by Gasteiger charge is 2.30. The number of carbonyl (C=O) groups excluding carboxylic acids is 2. The lowest BCUT2D eigenvalue weighted by atomic mass is 10.0. The minimum absolute atomic E-state index is 0.207. The van der Waals surface area contributed by atoms with E-state index in [4.69, 9.17) is 18.9 Å². The number of hydrogen-bond acceptors (Lipinski definition) is 6. The zero-order chi connectivity index (χ0) is 22.8. The van der Waals surface area contributed by atoms with E-state index in [0.717, 1.165) is 10.0 Å². The van der Waals surface area contributed by atoms with E-state index in [0.29, 0.717) is 33.9 Å². The fraction of sp³-hybridized carbons (Fsp3) is 0.120.